The fraction of sp³-hybridized carbons (Fsp3) is 0.308. The van der Waals surface area contributed by atoms with Crippen molar-refractivity contribution in [1.29, 1.82) is 0 Å². The van der Waals surface area contributed by atoms with Crippen LogP contribution in [-0.2, 0) is 9.84 Å². The Hall–Kier alpha value is -1.60. The van der Waals surface area contributed by atoms with E-state index in [2.05, 4.69) is 0 Å². The number of fused-ring (bicyclic) bond motifs is 1. The minimum atomic E-state index is -3.08. The van der Waals surface area contributed by atoms with Crippen molar-refractivity contribution in [2.45, 2.75) is 6.92 Å². The third-order valence-corrected chi connectivity index (χ3v) is 4.71. The number of nitrogens with two attached hydrogens (primary N) is 1. The Bertz CT molecular complexity index is 734. The molecule has 0 aliphatic heterocycles. The van der Waals surface area contributed by atoms with Crippen LogP contribution in [0.1, 0.15) is 12.7 Å². The van der Waals surface area contributed by atoms with E-state index in [1.54, 1.807) is 13.0 Å². The molecule has 0 atom stereocenters. The first kappa shape index (κ1) is 14.8. The standard InChI is InChI=1S/C13H15NO4S2/c1-2-20(15,16)8-7-17-11-9-5-3-4-6-10(9)18-12(11)13(14)19/h3-6H,2,7-8H2,1H3,(H2,14,19). The maximum absolute atomic E-state index is 11.5. The van der Waals surface area contributed by atoms with Crippen molar-refractivity contribution in [2.75, 3.05) is 18.1 Å². The highest BCUT2D eigenvalue weighted by Gasteiger charge is 2.18. The fourth-order valence-electron chi connectivity index (χ4n) is 1.74. The maximum Gasteiger partial charge on any atom is 0.204 e. The smallest absolute Gasteiger partial charge is 0.204 e. The largest absolute Gasteiger partial charge is 0.488 e. The molecular weight excluding hydrogens is 298 g/mol. The van der Waals surface area contributed by atoms with Gasteiger partial charge in [0.05, 0.1) is 11.1 Å². The molecule has 0 spiro atoms. The first-order valence-corrected chi connectivity index (χ1v) is 8.32. The fourth-order valence-corrected chi connectivity index (χ4v) is 2.50. The van der Waals surface area contributed by atoms with Crippen LogP contribution in [0.5, 0.6) is 5.75 Å². The Morgan fingerprint density at radius 2 is 2.10 bits per heavy atom. The molecule has 1 aromatic carbocycles. The minimum Gasteiger partial charge on any atom is -0.488 e. The van der Waals surface area contributed by atoms with Crippen molar-refractivity contribution in [2.24, 2.45) is 5.73 Å². The van der Waals surface area contributed by atoms with E-state index in [1.165, 1.54) is 0 Å². The van der Waals surface area contributed by atoms with Crippen LogP contribution in [0.25, 0.3) is 11.0 Å². The number of rotatable bonds is 6. The van der Waals surface area contributed by atoms with Crippen LogP contribution in [0.3, 0.4) is 0 Å². The normalized spacial score (nSPS) is 11.7. The van der Waals surface area contributed by atoms with Crippen LogP contribution in [0.2, 0.25) is 0 Å². The molecule has 0 bridgehead atoms. The van der Waals surface area contributed by atoms with Gasteiger partial charge in [0, 0.05) is 5.75 Å². The lowest BCUT2D eigenvalue weighted by atomic mass is 10.2. The van der Waals surface area contributed by atoms with Gasteiger partial charge in [0.1, 0.15) is 17.2 Å². The van der Waals surface area contributed by atoms with Gasteiger partial charge >= 0.3 is 0 Å². The SMILES string of the molecule is CCS(=O)(=O)CCOc1c(C(N)=S)oc2ccccc12. The summed E-state index contributed by atoms with van der Waals surface area (Å²) in [4.78, 5) is 0.0783. The van der Waals surface area contributed by atoms with Gasteiger partial charge < -0.3 is 14.9 Å². The van der Waals surface area contributed by atoms with Gasteiger partial charge in [-0.2, -0.15) is 0 Å². The van der Waals surface area contributed by atoms with Crippen molar-refractivity contribution in [3.8, 4) is 5.75 Å². The topological polar surface area (TPSA) is 82.5 Å². The summed E-state index contributed by atoms with van der Waals surface area (Å²) in [5, 5.41) is 0.726. The zero-order chi connectivity index (χ0) is 14.8. The average molecular weight is 313 g/mol. The van der Waals surface area contributed by atoms with Crippen LogP contribution in [0.15, 0.2) is 28.7 Å². The van der Waals surface area contributed by atoms with Gasteiger partial charge in [-0.05, 0) is 12.1 Å². The molecule has 0 unspecified atom stereocenters. The summed E-state index contributed by atoms with van der Waals surface area (Å²) in [5.74, 6) is 0.708. The van der Waals surface area contributed by atoms with Gasteiger partial charge in [-0.1, -0.05) is 31.3 Å². The minimum absolute atomic E-state index is 0.0370. The molecule has 2 aromatic rings. The number of para-hydroxylation sites is 1. The summed E-state index contributed by atoms with van der Waals surface area (Å²) in [6, 6.07) is 7.23. The van der Waals surface area contributed by atoms with Crippen LogP contribution in [0, 0.1) is 0 Å². The number of sulfone groups is 1. The first-order chi connectivity index (χ1) is 9.44. The second kappa shape index (κ2) is 5.80. The number of hydrogen-bond acceptors (Lipinski definition) is 5. The van der Waals surface area contributed by atoms with Crippen molar-refractivity contribution >= 4 is 38.0 Å². The summed E-state index contributed by atoms with van der Waals surface area (Å²) in [5.41, 5.74) is 6.20. The lowest BCUT2D eigenvalue weighted by molar-refractivity contribution is 0.338. The maximum atomic E-state index is 11.5. The van der Waals surface area contributed by atoms with Gasteiger partial charge in [0.25, 0.3) is 0 Å². The molecule has 1 heterocycles. The summed E-state index contributed by atoms with van der Waals surface area (Å²) in [7, 11) is -3.08. The number of hydrogen-bond donors (Lipinski definition) is 1. The van der Waals surface area contributed by atoms with E-state index in [-0.39, 0.29) is 28.9 Å². The number of ether oxygens (including phenoxy) is 1. The lowest BCUT2D eigenvalue weighted by Crippen LogP contribution is -2.17. The van der Waals surface area contributed by atoms with Crippen molar-refractivity contribution in [1.82, 2.24) is 0 Å². The molecule has 108 valence electrons. The molecule has 0 aliphatic rings. The molecule has 2 N–H and O–H groups in total. The molecule has 0 fully saturated rings. The molecule has 0 saturated heterocycles. The van der Waals surface area contributed by atoms with Crippen LogP contribution in [-0.4, -0.2) is 31.5 Å². The van der Waals surface area contributed by atoms with Crippen LogP contribution < -0.4 is 10.5 Å². The number of benzene rings is 1. The molecule has 1 aromatic heterocycles. The quantitative estimate of drug-likeness (QED) is 0.820. The summed E-state index contributed by atoms with van der Waals surface area (Å²) < 4.78 is 34.0. The highest BCUT2D eigenvalue weighted by atomic mass is 32.2. The predicted molar refractivity (Wildman–Crippen MR) is 81.9 cm³/mol. The second-order valence-corrected chi connectivity index (χ2v) is 7.12. The molecule has 2 rings (SSSR count). The summed E-state index contributed by atoms with van der Waals surface area (Å²) >= 11 is 4.92. The molecule has 7 heteroatoms. The molecule has 20 heavy (non-hydrogen) atoms. The summed E-state index contributed by atoms with van der Waals surface area (Å²) in [6.45, 7) is 1.64. The Morgan fingerprint density at radius 1 is 1.40 bits per heavy atom. The zero-order valence-electron chi connectivity index (χ0n) is 11.0. The zero-order valence-corrected chi connectivity index (χ0v) is 12.6. The van der Waals surface area contributed by atoms with E-state index >= 15 is 0 Å². The Labute approximate surface area is 122 Å². The Kier molecular flexibility index (Phi) is 4.29. The van der Waals surface area contributed by atoms with Crippen molar-refractivity contribution in [3.05, 3.63) is 30.0 Å². The van der Waals surface area contributed by atoms with E-state index in [4.69, 9.17) is 27.1 Å². The van der Waals surface area contributed by atoms with Gasteiger partial charge in [0.2, 0.25) is 5.76 Å². The molecular formula is C13H15NO4S2. The third kappa shape index (κ3) is 3.10. The molecule has 0 amide bonds. The van der Waals surface area contributed by atoms with Crippen molar-refractivity contribution < 1.29 is 17.6 Å². The van der Waals surface area contributed by atoms with Crippen LogP contribution in [0.4, 0.5) is 0 Å². The van der Waals surface area contributed by atoms with E-state index in [1.807, 2.05) is 18.2 Å². The summed E-state index contributed by atoms with van der Waals surface area (Å²) in [6.07, 6.45) is 0. The van der Waals surface area contributed by atoms with E-state index < -0.39 is 9.84 Å². The molecule has 5 nitrogen and oxygen atoms in total. The lowest BCUT2D eigenvalue weighted by Gasteiger charge is -2.06. The monoisotopic (exact) mass is 313 g/mol. The first-order valence-electron chi connectivity index (χ1n) is 6.09. The second-order valence-electron chi connectivity index (χ2n) is 4.21. The highest BCUT2D eigenvalue weighted by Crippen LogP contribution is 2.32. The van der Waals surface area contributed by atoms with E-state index in [0.717, 1.165) is 5.39 Å². The van der Waals surface area contributed by atoms with Gasteiger partial charge in [-0.15, -0.1) is 0 Å². The predicted octanol–water partition coefficient (Wildman–Crippen LogP) is 1.88. The van der Waals surface area contributed by atoms with Crippen LogP contribution >= 0.6 is 12.2 Å². The Balaban J connectivity index is 2.28. The van der Waals surface area contributed by atoms with Gasteiger partial charge in [0.15, 0.2) is 15.6 Å². The number of furan rings is 1. The average Bonchev–Trinajstić information content (AvgIpc) is 2.78. The Morgan fingerprint density at radius 3 is 2.75 bits per heavy atom. The highest BCUT2D eigenvalue weighted by molar-refractivity contribution is 7.91. The van der Waals surface area contributed by atoms with E-state index in [0.29, 0.717) is 11.3 Å². The third-order valence-electron chi connectivity index (χ3n) is 2.85. The number of thiocarbonyl (C=S) groups is 1. The van der Waals surface area contributed by atoms with Crippen molar-refractivity contribution in [3.63, 3.8) is 0 Å². The molecule has 0 aliphatic carbocycles. The van der Waals surface area contributed by atoms with Gasteiger partial charge in [-0.3, -0.25) is 0 Å². The van der Waals surface area contributed by atoms with E-state index in [9.17, 15) is 8.42 Å². The molecule has 0 saturated carbocycles. The van der Waals surface area contributed by atoms with Gasteiger partial charge in [-0.25, -0.2) is 8.42 Å². The molecule has 0 radical (unpaired) electrons.